The largest absolute Gasteiger partial charge is 0.381 e. The third-order valence-electron chi connectivity index (χ3n) is 5.74. The number of rotatable bonds is 6. The zero-order chi connectivity index (χ0) is 21.2. The molecule has 0 radical (unpaired) electrons. The standard InChI is InChI=1S/C23H30N2O3S/c1-16-13-17(2)23(19(4)26)18(3)22(16)15-24-20-9-8-10-21(14-20)29(27,28)25-11-6-5-7-12-25/h8-10,13-14,24H,5-7,11-12,15H2,1-4H3. The Kier molecular flexibility index (Phi) is 6.44. The Morgan fingerprint density at radius 3 is 2.38 bits per heavy atom. The second-order valence-corrected chi connectivity index (χ2v) is 9.83. The summed E-state index contributed by atoms with van der Waals surface area (Å²) in [6.45, 7) is 9.29. The SMILES string of the molecule is CC(=O)c1c(C)cc(C)c(CNc2cccc(S(=O)(=O)N3CCCCC3)c2)c1C. The first-order valence-electron chi connectivity index (χ1n) is 10.2. The summed E-state index contributed by atoms with van der Waals surface area (Å²) in [5.74, 6) is 0.0656. The van der Waals surface area contributed by atoms with Gasteiger partial charge in [0.15, 0.2) is 5.78 Å². The van der Waals surface area contributed by atoms with E-state index in [4.69, 9.17) is 0 Å². The number of hydrogen-bond acceptors (Lipinski definition) is 4. The van der Waals surface area contributed by atoms with E-state index in [9.17, 15) is 13.2 Å². The normalized spacial score (nSPS) is 15.3. The second-order valence-electron chi connectivity index (χ2n) is 7.89. The third kappa shape index (κ3) is 4.54. The van der Waals surface area contributed by atoms with Crippen molar-refractivity contribution in [1.82, 2.24) is 4.31 Å². The molecule has 0 saturated carbocycles. The quantitative estimate of drug-likeness (QED) is 0.702. The van der Waals surface area contributed by atoms with Crippen molar-refractivity contribution in [2.45, 2.75) is 58.4 Å². The molecule has 1 fully saturated rings. The Morgan fingerprint density at radius 1 is 1.03 bits per heavy atom. The average Bonchev–Trinajstić information content (AvgIpc) is 2.68. The van der Waals surface area contributed by atoms with Gasteiger partial charge in [-0.05, 0) is 81.0 Å². The van der Waals surface area contributed by atoms with Gasteiger partial charge in [0.05, 0.1) is 4.90 Å². The van der Waals surface area contributed by atoms with Gasteiger partial charge in [0.2, 0.25) is 10.0 Å². The summed E-state index contributed by atoms with van der Waals surface area (Å²) in [4.78, 5) is 12.4. The van der Waals surface area contributed by atoms with E-state index >= 15 is 0 Å². The Morgan fingerprint density at radius 2 is 1.72 bits per heavy atom. The summed E-state index contributed by atoms with van der Waals surface area (Å²) in [6, 6.07) is 9.05. The fourth-order valence-electron chi connectivity index (χ4n) is 4.25. The van der Waals surface area contributed by atoms with Crippen molar-refractivity contribution in [3.8, 4) is 0 Å². The van der Waals surface area contributed by atoms with Crippen molar-refractivity contribution >= 4 is 21.5 Å². The summed E-state index contributed by atoms with van der Waals surface area (Å²) < 4.78 is 27.5. The minimum absolute atomic E-state index is 0.0656. The smallest absolute Gasteiger partial charge is 0.243 e. The highest BCUT2D eigenvalue weighted by atomic mass is 32.2. The molecule has 1 N–H and O–H groups in total. The van der Waals surface area contributed by atoms with E-state index in [-0.39, 0.29) is 5.78 Å². The van der Waals surface area contributed by atoms with Gasteiger partial charge in [-0.3, -0.25) is 4.79 Å². The molecule has 0 unspecified atom stereocenters. The van der Waals surface area contributed by atoms with Gasteiger partial charge in [0.25, 0.3) is 0 Å². The Bertz CT molecular complexity index is 1020. The van der Waals surface area contributed by atoms with Gasteiger partial charge in [0, 0.05) is 30.9 Å². The molecule has 2 aromatic rings. The first-order chi connectivity index (χ1) is 13.7. The third-order valence-corrected chi connectivity index (χ3v) is 7.63. The highest BCUT2D eigenvalue weighted by Crippen LogP contribution is 2.26. The average molecular weight is 415 g/mol. The van der Waals surface area contributed by atoms with Crippen LogP contribution in [0.3, 0.4) is 0 Å². The van der Waals surface area contributed by atoms with Gasteiger partial charge in [-0.25, -0.2) is 8.42 Å². The van der Waals surface area contributed by atoms with Crippen molar-refractivity contribution in [3.05, 3.63) is 58.1 Å². The number of sulfonamides is 1. The van der Waals surface area contributed by atoms with Crippen LogP contribution in [0.5, 0.6) is 0 Å². The van der Waals surface area contributed by atoms with E-state index in [2.05, 4.69) is 5.32 Å². The molecule has 0 bridgehead atoms. The Balaban J connectivity index is 1.83. The topological polar surface area (TPSA) is 66.5 Å². The van der Waals surface area contributed by atoms with E-state index in [1.807, 2.05) is 32.9 Å². The molecule has 1 heterocycles. The Hall–Kier alpha value is -2.18. The summed E-state index contributed by atoms with van der Waals surface area (Å²) in [5, 5.41) is 3.35. The number of anilines is 1. The number of ketones is 1. The van der Waals surface area contributed by atoms with Gasteiger partial charge in [-0.15, -0.1) is 0 Å². The number of carbonyl (C=O) groups excluding carboxylic acids is 1. The number of piperidine rings is 1. The van der Waals surface area contributed by atoms with Crippen LogP contribution in [0.1, 0.15) is 58.8 Å². The van der Waals surface area contributed by atoms with Crippen molar-refractivity contribution in [2.75, 3.05) is 18.4 Å². The van der Waals surface area contributed by atoms with Gasteiger partial charge < -0.3 is 5.32 Å². The van der Waals surface area contributed by atoms with Gasteiger partial charge in [-0.1, -0.05) is 18.6 Å². The van der Waals surface area contributed by atoms with E-state index in [1.165, 1.54) is 0 Å². The lowest BCUT2D eigenvalue weighted by Gasteiger charge is -2.26. The van der Waals surface area contributed by atoms with Gasteiger partial charge in [-0.2, -0.15) is 4.31 Å². The molecular weight excluding hydrogens is 384 g/mol. The number of hydrogen-bond donors (Lipinski definition) is 1. The number of nitrogens with zero attached hydrogens (tertiary/aromatic N) is 1. The maximum absolute atomic E-state index is 12.9. The van der Waals surface area contributed by atoms with Crippen LogP contribution < -0.4 is 5.32 Å². The Labute approximate surface area is 174 Å². The maximum Gasteiger partial charge on any atom is 0.243 e. The molecule has 0 spiro atoms. The lowest BCUT2D eigenvalue weighted by molar-refractivity contribution is 0.101. The number of carbonyl (C=O) groups is 1. The highest BCUT2D eigenvalue weighted by molar-refractivity contribution is 7.89. The zero-order valence-electron chi connectivity index (χ0n) is 17.7. The highest BCUT2D eigenvalue weighted by Gasteiger charge is 2.26. The first kappa shape index (κ1) is 21.5. The maximum atomic E-state index is 12.9. The van der Waals surface area contributed by atoms with Gasteiger partial charge >= 0.3 is 0 Å². The van der Waals surface area contributed by atoms with Crippen LogP contribution in [-0.2, 0) is 16.6 Å². The lowest BCUT2D eigenvalue weighted by Crippen LogP contribution is -2.35. The van der Waals surface area contributed by atoms with E-state index in [0.29, 0.717) is 24.5 Å². The molecule has 0 amide bonds. The first-order valence-corrected chi connectivity index (χ1v) is 11.6. The molecule has 2 aromatic carbocycles. The molecule has 29 heavy (non-hydrogen) atoms. The summed E-state index contributed by atoms with van der Waals surface area (Å²) >= 11 is 0. The molecule has 0 aromatic heterocycles. The van der Waals surface area contributed by atoms with Crippen molar-refractivity contribution in [1.29, 1.82) is 0 Å². The predicted molar refractivity (Wildman–Crippen MR) is 117 cm³/mol. The minimum atomic E-state index is -3.46. The van der Waals surface area contributed by atoms with Crippen LogP contribution >= 0.6 is 0 Å². The fraction of sp³-hybridized carbons (Fsp3) is 0.435. The number of Topliss-reactive ketones (excluding diaryl/α,β-unsaturated/α-hetero) is 1. The van der Waals surface area contributed by atoms with Crippen molar-refractivity contribution in [2.24, 2.45) is 0 Å². The minimum Gasteiger partial charge on any atom is -0.381 e. The molecule has 1 aliphatic heterocycles. The molecule has 0 atom stereocenters. The molecule has 1 aliphatic rings. The van der Waals surface area contributed by atoms with Crippen molar-refractivity contribution < 1.29 is 13.2 Å². The van der Waals surface area contributed by atoms with Crippen LogP contribution in [-0.4, -0.2) is 31.6 Å². The lowest BCUT2D eigenvalue weighted by atomic mass is 9.91. The van der Waals surface area contributed by atoms with E-state index in [0.717, 1.165) is 52.8 Å². The summed E-state index contributed by atoms with van der Waals surface area (Å²) in [5.41, 5.74) is 5.70. The monoisotopic (exact) mass is 414 g/mol. The predicted octanol–water partition coefficient (Wildman–Crippen LogP) is 4.60. The molecule has 156 valence electrons. The zero-order valence-corrected chi connectivity index (χ0v) is 18.5. The van der Waals surface area contributed by atoms with E-state index in [1.54, 1.807) is 29.4 Å². The van der Waals surface area contributed by atoms with Crippen LogP contribution in [0.2, 0.25) is 0 Å². The van der Waals surface area contributed by atoms with Crippen LogP contribution in [0, 0.1) is 20.8 Å². The molecular formula is C23H30N2O3S. The fourth-order valence-corrected chi connectivity index (χ4v) is 5.81. The van der Waals surface area contributed by atoms with Crippen LogP contribution in [0.25, 0.3) is 0 Å². The van der Waals surface area contributed by atoms with Gasteiger partial charge in [0.1, 0.15) is 0 Å². The number of nitrogens with one attached hydrogen (secondary N) is 1. The number of benzene rings is 2. The van der Waals surface area contributed by atoms with Crippen molar-refractivity contribution in [3.63, 3.8) is 0 Å². The molecule has 1 saturated heterocycles. The number of aryl methyl sites for hydroxylation is 2. The molecule has 0 aliphatic carbocycles. The molecule has 6 heteroatoms. The van der Waals surface area contributed by atoms with Crippen LogP contribution in [0.4, 0.5) is 5.69 Å². The van der Waals surface area contributed by atoms with E-state index < -0.39 is 10.0 Å². The summed E-state index contributed by atoms with van der Waals surface area (Å²) in [7, 11) is -3.46. The second kappa shape index (κ2) is 8.67. The molecule has 3 rings (SSSR count). The summed E-state index contributed by atoms with van der Waals surface area (Å²) in [6.07, 6.45) is 2.92. The van der Waals surface area contributed by atoms with Crippen LogP contribution in [0.15, 0.2) is 35.2 Å². The molecule has 5 nitrogen and oxygen atoms in total.